The summed E-state index contributed by atoms with van der Waals surface area (Å²) < 4.78 is 1.74. The maximum atomic E-state index is 9.30. The fourth-order valence-electron chi connectivity index (χ4n) is 1.81. The normalized spacial score (nSPS) is 9.89. The lowest BCUT2D eigenvalue weighted by molar-refractivity contribution is 0.475. The molecule has 0 aliphatic heterocycles. The van der Waals surface area contributed by atoms with Crippen LogP contribution in [0.25, 0.3) is 17.1 Å². The van der Waals surface area contributed by atoms with E-state index in [1.165, 1.54) is 6.33 Å². The van der Waals surface area contributed by atoms with Gasteiger partial charge in [-0.25, -0.2) is 9.67 Å². The van der Waals surface area contributed by atoms with Crippen LogP contribution in [0.3, 0.4) is 0 Å². The first kappa shape index (κ1) is 13.3. The first-order valence-corrected chi connectivity index (χ1v) is 5.59. The molecule has 1 aromatic heterocycles. The lowest BCUT2D eigenvalue weighted by Gasteiger charge is -2.05. The molecule has 0 saturated carbocycles. The summed E-state index contributed by atoms with van der Waals surface area (Å²) >= 11 is 0. The predicted molar refractivity (Wildman–Crippen MR) is 78.8 cm³/mol. The fourth-order valence-corrected chi connectivity index (χ4v) is 1.81. The maximum absolute atomic E-state index is 9.30. The number of aromatic hydroxyl groups is 1. The van der Waals surface area contributed by atoms with Gasteiger partial charge in [0.1, 0.15) is 12.1 Å². The second-order valence-electron chi connectivity index (χ2n) is 3.88. The van der Waals surface area contributed by atoms with E-state index in [0.717, 1.165) is 17.1 Å². The molecular formula is C14H12BrN3O. The average Bonchev–Trinajstić information content (AvgIpc) is 2.90. The topological polar surface area (TPSA) is 50.9 Å². The minimum Gasteiger partial charge on any atom is -0.508 e. The lowest BCUT2D eigenvalue weighted by Crippen LogP contribution is -1.98. The van der Waals surface area contributed by atoms with Crippen LogP contribution >= 0.6 is 17.0 Å². The second kappa shape index (κ2) is 5.67. The van der Waals surface area contributed by atoms with E-state index in [4.69, 9.17) is 0 Å². The van der Waals surface area contributed by atoms with E-state index >= 15 is 0 Å². The van der Waals surface area contributed by atoms with E-state index in [-0.39, 0.29) is 22.7 Å². The van der Waals surface area contributed by atoms with Crippen LogP contribution in [0.2, 0.25) is 0 Å². The molecule has 0 amide bonds. The number of hydrogen-bond acceptors (Lipinski definition) is 3. The van der Waals surface area contributed by atoms with E-state index in [1.807, 2.05) is 30.3 Å². The van der Waals surface area contributed by atoms with Crippen LogP contribution in [-0.4, -0.2) is 19.9 Å². The predicted octanol–water partition coefficient (Wildman–Crippen LogP) is 3.22. The summed E-state index contributed by atoms with van der Waals surface area (Å²) in [5.74, 6) is 1.02. The van der Waals surface area contributed by atoms with Gasteiger partial charge in [0.2, 0.25) is 0 Å². The van der Waals surface area contributed by atoms with Crippen molar-refractivity contribution in [2.75, 3.05) is 0 Å². The quantitative estimate of drug-likeness (QED) is 0.789. The number of phenolic OH excluding ortho intramolecular Hbond substituents is 1. The summed E-state index contributed by atoms with van der Waals surface area (Å²) in [5, 5.41) is 13.5. The summed E-state index contributed by atoms with van der Waals surface area (Å²) in [5.41, 5.74) is 1.87. The van der Waals surface area contributed by atoms with Crippen LogP contribution < -0.4 is 0 Å². The van der Waals surface area contributed by atoms with E-state index in [1.54, 1.807) is 28.9 Å². The van der Waals surface area contributed by atoms with Gasteiger partial charge < -0.3 is 5.11 Å². The van der Waals surface area contributed by atoms with Crippen LogP contribution in [0, 0.1) is 0 Å². The summed E-state index contributed by atoms with van der Waals surface area (Å²) in [6.07, 6.45) is 1.52. The highest BCUT2D eigenvalue weighted by molar-refractivity contribution is 8.93. The second-order valence-corrected chi connectivity index (χ2v) is 3.88. The highest BCUT2D eigenvalue weighted by Crippen LogP contribution is 2.20. The summed E-state index contributed by atoms with van der Waals surface area (Å²) in [4.78, 5) is 4.27. The maximum Gasteiger partial charge on any atom is 0.163 e. The van der Waals surface area contributed by atoms with Crippen molar-refractivity contribution in [3.05, 3.63) is 60.9 Å². The molecule has 2 aromatic carbocycles. The third-order valence-corrected chi connectivity index (χ3v) is 2.67. The van der Waals surface area contributed by atoms with Crippen molar-refractivity contribution in [2.24, 2.45) is 0 Å². The smallest absolute Gasteiger partial charge is 0.163 e. The van der Waals surface area contributed by atoms with Gasteiger partial charge in [-0.05, 0) is 24.3 Å². The molecule has 0 saturated heterocycles. The van der Waals surface area contributed by atoms with Gasteiger partial charge in [-0.15, -0.1) is 17.0 Å². The Labute approximate surface area is 121 Å². The zero-order valence-corrected chi connectivity index (χ0v) is 11.7. The summed E-state index contributed by atoms with van der Waals surface area (Å²) in [6, 6.07) is 16.7. The molecule has 4 nitrogen and oxygen atoms in total. The lowest BCUT2D eigenvalue weighted by atomic mass is 10.2. The minimum absolute atomic E-state index is 0. The van der Waals surface area contributed by atoms with Crippen molar-refractivity contribution in [1.29, 1.82) is 0 Å². The van der Waals surface area contributed by atoms with Gasteiger partial charge in [-0.2, -0.15) is 5.10 Å². The van der Waals surface area contributed by atoms with Crippen LogP contribution in [-0.2, 0) is 0 Å². The van der Waals surface area contributed by atoms with Gasteiger partial charge in [-0.1, -0.05) is 30.3 Å². The van der Waals surface area contributed by atoms with Crippen LogP contribution in [0.5, 0.6) is 5.75 Å². The highest BCUT2D eigenvalue weighted by Gasteiger charge is 2.08. The van der Waals surface area contributed by atoms with E-state index in [2.05, 4.69) is 10.1 Å². The number of hydrogen-bond donors (Lipinski definition) is 1. The molecule has 5 heteroatoms. The van der Waals surface area contributed by atoms with Crippen LogP contribution in [0.15, 0.2) is 60.9 Å². The molecule has 3 aromatic rings. The fraction of sp³-hybridized carbons (Fsp3) is 0. The Hall–Kier alpha value is -2.14. The number of nitrogens with zero attached hydrogens (tertiary/aromatic N) is 3. The molecule has 0 atom stereocenters. The third kappa shape index (κ3) is 2.66. The highest BCUT2D eigenvalue weighted by atomic mass is 79.9. The molecule has 19 heavy (non-hydrogen) atoms. The standard InChI is InChI=1S/C14H11N3O.BrH/c18-13-8-6-12(7-9-13)17-14(15-10-16-17)11-4-2-1-3-5-11;/h1-10,18H;1H. The number of rotatable bonds is 2. The monoisotopic (exact) mass is 317 g/mol. The summed E-state index contributed by atoms with van der Waals surface area (Å²) in [6.45, 7) is 0. The molecule has 0 aliphatic rings. The average molecular weight is 318 g/mol. The van der Waals surface area contributed by atoms with Crippen LogP contribution in [0.4, 0.5) is 0 Å². The SMILES string of the molecule is Br.Oc1ccc(-n2ncnc2-c2ccccc2)cc1. The Balaban J connectivity index is 0.00000133. The van der Waals surface area contributed by atoms with Gasteiger partial charge in [0.25, 0.3) is 0 Å². The Morgan fingerprint density at radius 3 is 2.26 bits per heavy atom. The molecule has 3 rings (SSSR count). The van der Waals surface area contributed by atoms with Gasteiger partial charge in [0.15, 0.2) is 5.82 Å². The summed E-state index contributed by atoms with van der Waals surface area (Å²) in [7, 11) is 0. The number of aromatic nitrogens is 3. The number of benzene rings is 2. The Morgan fingerprint density at radius 1 is 0.895 bits per heavy atom. The van der Waals surface area contributed by atoms with Crippen LogP contribution in [0.1, 0.15) is 0 Å². The number of phenols is 1. The molecule has 0 unspecified atom stereocenters. The first-order valence-electron chi connectivity index (χ1n) is 5.59. The molecular weight excluding hydrogens is 306 g/mol. The third-order valence-electron chi connectivity index (χ3n) is 2.67. The van der Waals surface area contributed by atoms with Gasteiger partial charge >= 0.3 is 0 Å². The van der Waals surface area contributed by atoms with Crippen molar-refractivity contribution < 1.29 is 5.11 Å². The molecule has 96 valence electrons. The Kier molecular flexibility index (Phi) is 3.97. The zero-order valence-electron chi connectivity index (χ0n) is 9.97. The van der Waals surface area contributed by atoms with Crippen molar-refractivity contribution in [3.8, 4) is 22.8 Å². The molecule has 1 N–H and O–H groups in total. The van der Waals surface area contributed by atoms with Crippen molar-refractivity contribution in [3.63, 3.8) is 0 Å². The Morgan fingerprint density at radius 2 is 1.58 bits per heavy atom. The van der Waals surface area contributed by atoms with Crippen molar-refractivity contribution >= 4 is 17.0 Å². The van der Waals surface area contributed by atoms with E-state index in [0.29, 0.717) is 0 Å². The van der Waals surface area contributed by atoms with Gasteiger partial charge in [0, 0.05) is 5.56 Å². The molecule has 0 fully saturated rings. The van der Waals surface area contributed by atoms with Gasteiger partial charge in [0.05, 0.1) is 5.69 Å². The van der Waals surface area contributed by atoms with E-state index < -0.39 is 0 Å². The molecule has 1 heterocycles. The molecule has 0 bridgehead atoms. The van der Waals surface area contributed by atoms with Crippen molar-refractivity contribution in [2.45, 2.75) is 0 Å². The van der Waals surface area contributed by atoms with Gasteiger partial charge in [-0.3, -0.25) is 0 Å². The molecule has 0 radical (unpaired) electrons. The Bertz CT molecular complexity index is 650. The van der Waals surface area contributed by atoms with E-state index in [9.17, 15) is 5.11 Å². The van der Waals surface area contributed by atoms with Crippen molar-refractivity contribution in [1.82, 2.24) is 14.8 Å². The first-order chi connectivity index (χ1) is 8.84. The molecule has 0 aliphatic carbocycles. The molecule has 0 spiro atoms. The number of halogens is 1. The largest absolute Gasteiger partial charge is 0.508 e. The zero-order chi connectivity index (χ0) is 12.4. The minimum atomic E-state index is 0.